The van der Waals surface area contributed by atoms with Crippen LogP contribution in [0.15, 0.2) is 31.3 Å². The van der Waals surface area contributed by atoms with Gasteiger partial charge in [-0.1, -0.05) is 0 Å². The van der Waals surface area contributed by atoms with E-state index in [-0.39, 0.29) is 47.2 Å². The first-order valence-corrected chi connectivity index (χ1v) is 9.80. The van der Waals surface area contributed by atoms with E-state index >= 15 is 0 Å². The average molecular weight is 438 g/mol. The van der Waals surface area contributed by atoms with Gasteiger partial charge in [-0.15, -0.1) is 0 Å². The Morgan fingerprint density at radius 1 is 0.562 bits per heavy atom. The molecule has 162 valence electrons. The van der Waals surface area contributed by atoms with Crippen LogP contribution in [-0.2, 0) is 19.2 Å². The second-order valence-corrected chi connectivity index (χ2v) is 7.84. The van der Waals surface area contributed by atoms with Crippen LogP contribution in [0.1, 0.15) is 37.8 Å². The molecule has 0 bridgehead atoms. The fourth-order valence-electron chi connectivity index (χ4n) is 4.43. The minimum Gasteiger partial charge on any atom is -0.295 e. The second-order valence-electron chi connectivity index (χ2n) is 7.84. The number of imide groups is 2. The van der Waals surface area contributed by atoms with Crippen molar-refractivity contribution in [3.8, 4) is 0 Å². The molecule has 0 aliphatic carbocycles. The summed E-state index contributed by atoms with van der Waals surface area (Å²) in [6.45, 7) is 0. The Bertz CT molecular complexity index is 1410. The number of carbonyl (C=O) groups is 4. The van der Waals surface area contributed by atoms with Crippen molar-refractivity contribution in [2.45, 2.75) is 37.8 Å². The van der Waals surface area contributed by atoms with E-state index in [2.05, 4.69) is 10.6 Å². The summed E-state index contributed by atoms with van der Waals surface area (Å²) in [4.78, 5) is 98.8. The Morgan fingerprint density at radius 3 is 1.16 bits per heavy atom. The van der Waals surface area contributed by atoms with Crippen LogP contribution in [0.4, 0.5) is 0 Å². The molecule has 12 nitrogen and oxygen atoms in total. The van der Waals surface area contributed by atoms with Crippen molar-refractivity contribution in [2.75, 3.05) is 0 Å². The highest BCUT2D eigenvalue weighted by molar-refractivity contribution is 6.02. The standard InChI is InChI=1S/C20H14N4O8/c25-13-3-1-11(15(27)21-13)23-17(29)7-5-9-10(6-8(7)18(23)30)20(32)24(19(9)31)12-2-4-14(26)22-16(12)28/h5-6,11-12H,1-4H2,(H,21,25,27)(H,22,26,28). The number of fused-ring (bicyclic) bond motifs is 2. The lowest BCUT2D eigenvalue weighted by molar-refractivity contribution is -0.137. The molecular formula is C20H14N4O8. The molecular weight excluding hydrogens is 424 g/mol. The fraction of sp³-hybridized carbons (Fsp3) is 0.300. The van der Waals surface area contributed by atoms with Gasteiger partial charge in [0.15, 0.2) is 0 Å². The number of hydrogen-bond acceptors (Lipinski definition) is 8. The van der Waals surface area contributed by atoms with Gasteiger partial charge in [-0.05, 0) is 25.0 Å². The Labute approximate surface area is 176 Å². The number of nitrogens with zero attached hydrogens (tertiary/aromatic N) is 2. The zero-order valence-corrected chi connectivity index (χ0v) is 16.3. The quantitative estimate of drug-likeness (QED) is 0.427. The number of carbonyl (C=O) groups excluding carboxylic acids is 4. The summed E-state index contributed by atoms with van der Waals surface area (Å²) in [5, 5.41) is 3.57. The molecule has 2 N–H and O–H groups in total. The molecule has 0 saturated carbocycles. The zero-order valence-electron chi connectivity index (χ0n) is 16.3. The molecule has 2 atom stereocenters. The highest BCUT2D eigenvalue weighted by atomic mass is 16.2. The normalized spacial score (nSPS) is 21.9. The number of benzene rings is 1. The zero-order chi connectivity index (χ0) is 22.9. The SMILES string of the molecule is O=C1CCC(n2c(=O)c3cc4c(=O)n(C5CCC(=O)NC5=O)c(=O)c4cc3c2=O)C(=O)N1. The lowest BCUT2D eigenvalue weighted by Crippen LogP contribution is -2.46. The van der Waals surface area contributed by atoms with Gasteiger partial charge in [-0.2, -0.15) is 0 Å². The summed E-state index contributed by atoms with van der Waals surface area (Å²) in [5.41, 5.74) is -3.27. The van der Waals surface area contributed by atoms with Crippen LogP contribution in [0.2, 0.25) is 0 Å². The van der Waals surface area contributed by atoms with Crippen LogP contribution in [-0.4, -0.2) is 32.8 Å². The monoisotopic (exact) mass is 438 g/mol. The van der Waals surface area contributed by atoms with Crippen LogP contribution in [0.5, 0.6) is 0 Å². The maximum atomic E-state index is 12.9. The van der Waals surface area contributed by atoms with Gasteiger partial charge in [0.2, 0.25) is 23.6 Å². The van der Waals surface area contributed by atoms with Crippen LogP contribution < -0.4 is 32.9 Å². The molecule has 0 radical (unpaired) electrons. The van der Waals surface area contributed by atoms with Crippen molar-refractivity contribution in [1.82, 2.24) is 19.8 Å². The van der Waals surface area contributed by atoms with E-state index in [0.29, 0.717) is 0 Å². The van der Waals surface area contributed by atoms with Crippen molar-refractivity contribution in [3.05, 3.63) is 53.5 Å². The third-order valence-electron chi connectivity index (χ3n) is 6.00. The van der Waals surface area contributed by atoms with Crippen LogP contribution in [0, 0.1) is 0 Å². The Kier molecular flexibility index (Phi) is 4.09. The Hall–Kier alpha value is -4.22. The molecule has 2 aliphatic rings. The average Bonchev–Trinajstić information content (AvgIpc) is 3.12. The minimum atomic E-state index is -1.18. The molecule has 2 fully saturated rings. The van der Waals surface area contributed by atoms with Gasteiger partial charge in [-0.25, -0.2) is 0 Å². The molecule has 4 heterocycles. The third-order valence-corrected chi connectivity index (χ3v) is 6.00. The number of aromatic nitrogens is 2. The summed E-state index contributed by atoms with van der Waals surface area (Å²) in [5.74, 6) is -2.57. The van der Waals surface area contributed by atoms with Gasteiger partial charge in [0.25, 0.3) is 22.2 Å². The molecule has 5 rings (SSSR count). The number of amides is 4. The van der Waals surface area contributed by atoms with Gasteiger partial charge in [0.1, 0.15) is 12.1 Å². The molecule has 12 heteroatoms. The maximum absolute atomic E-state index is 12.9. The van der Waals surface area contributed by atoms with Crippen LogP contribution in [0.3, 0.4) is 0 Å². The summed E-state index contributed by atoms with van der Waals surface area (Å²) in [6.07, 6.45) is -0.148. The highest BCUT2D eigenvalue weighted by Crippen LogP contribution is 2.22. The Morgan fingerprint density at radius 2 is 0.875 bits per heavy atom. The smallest absolute Gasteiger partial charge is 0.262 e. The van der Waals surface area contributed by atoms with Crippen molar-refractivity contribution < 1.29 is 19.2 Å². The summed E-state index contributed by atoms with van der Waals surface area (Å²) >= 11 is 0. The first-order valence-electron chi connectivity index (χ1n) is 9.80. The summed E-state index contributed by atoms with van der Waals surface area (Å²) < 4.78 is 1.46. The maximum Gasteiger partial charge on any atom is 0.262 e. The summed E-state index contributed by atoms with van der Waals surface area (Å²) in [7, 11) is 0. The molecule has 3 aromatic rings. The minimum absolute atomic E-state index is 0.0308. The second kappa shape index (κ2) is 6.64. The number of piperidine rings is 2. The van der Waals surface area contributed by atoms with E-state index in [1.54, 1.807) is 0 Å². The predicted octanol–water partition coefficient (Wildman–Crippen LogP) is -2.13. The molecule has 32 heavy (non-hydrogen) atoms. The first kappa shape index (κ1) is 19.7. The molecule has 2 aromatic heterocycles. The van der Waals surface area contributed by atoms with Crippen molar-refractivity contribution in [1.29, 1.82) is 0 Å². The number of rotatable bonds is 2. The molecule has 2 aliphatic heterocycles. The molecule has 2 saturated heterocycles. The lowest BCUT2D eigenvalue weighted by atomic mass is 10.1. The first-order chi connectivity index (χ1) is 15.2. The van der Waals surface area contributed by atoms with E-state index in [9.17, 15) is 38.4 Å². The Balaban J connectivity index is 1.71. The highest BCUT2D eigenvalue weighted by Gasteiger charge is 2.34. The predicted molar refractivity (Wildman–Crippen MR) is 108 cm³/mol. The van der Waals surface area contributed by atoms with Gasteiger partial charge in [0.05, 0.1) is 21.5 Å². The summed E-state index contributed by atoms with van der Waals surface area (Å²) in [6, 6.07) is -0.131. The van der Waals surface area contributed by atoms with Gasteiger partial charge < -0.3 is 0 Å². The molecule has 2 unspecified atom stereocenters. The van der Waals surface area contributed by atoms with Crippen molar-refractivity contribution >= 4 is 45.2 Å². The fourth-order valence-corrected chi connectivity index (χ4v) is 4.43. The third kappa shape index (κ3) is 2.62. The van der Waals surface area contributed by atoms with Gasteiger partial charge in [-0.3, -0.25) is 58.1 Å². The van der Waals surface area contributed by atoms with Crippen molar-refractivity contribution in [2.24, 2.45) is 0 Å². The molecule has 1 aromatic carbocycles. The van der Waals surface area contributed by atoms with E-state index in [0.717, 1.165) is 21.3 Å². The topological polar surface area (TPSA) is 170 Å². The number of hydrogen-bond donors (Lipinski definition) is 2. The van der Waals surface area contributed by atoms with E-state index in [4.69, 9.17) is 0 Å². The van der Waals surface area contributed by atoms with E-state index < -0.39 is 57.9 Å². The largest absolute Gasteiger partial charge is 0.295 e. The van der Waals surface area contributed by atoms with Gasteiger partial charge >= 0.3 is 0 Å². The van der Waals surface area contributed by atoms with Crippen molar-refractivity contribution in [3.63, 3.8) is 0 Å². The number of nitrogens with one attached hydrogen (secondary N) is 2. The van der Waals surface area contributed by atoms with E-state index in [1.807, 2.05) is 0 Å². The van der Waals surface area contributed by atoms with Crippen LogP contribution in [0.25, 0.3) is 21.5 Å². The lowest BCUT2D eigenvalue weighted by Gasteiger charge is -2.20. The molecule has 0 spiro atoms. The van der Waals surface area contributed by atoms with Crippen LogP contribution >= 0.6 is 0 Å². The van der Waals surface area contributed by atoms with Gasteiger partial charge in [0, 0.05) is 12.8 Å². The van der Waals surface area contributed by atoms with E-state index in [1.165, 1.54) is 0 Å². The molecule has 4 amide bonds.